The van der Waals surface area contributed by atoms with E-state index >= 15 is 0 Å². The molecule has 7 nitrogen and oxygen atoms in total. The maximum atomic E-state index is 12.8. The van der Waals surface area contributed by atoms with E-state index in [1.165, 1.54) is 12.1 Å². The first-order valence-electron chi connectivity index (χ1n) is 9.14. The van der Waals surface area contributed by atoms with E-state index in [-0.39, 0.29) is 24.5 Å². The van der Waals surface area contributed by atoms with Gasteiger partial charge in [0, 0.05) is 13.2 Å². The Hall–Kier alpha value is -2.42. The van der Waals surface area contributed by atoms with Crippen LogP contribution in [0.4, 0.5) is 0 Å². The van der Waals surface area contributed by atoms with E-state index in [4.69, 9.17) is 9.84 Å². The number of carbonyl (C=O) groups excluding carboxylic acids is 1. The number of aliphatic hydroxyl groups is 1. The number of rotatable bonds is 11. The zero-order valence-corrected chi connectivity index (χ0v) is 16.6. The van der Waals surface area contributed by atoms with Gasteiger partial charge in [-0.2, -0.15) is 4.72 Å². The molecule has 8 heteroatoms. The van der Waals surface area contributed by atoms with Crippen molar-refractivity contribution in [1.29, 1.82) is 0 Å². The number of ether oxygens (including phenoxy) is 1. The van der Waals surface area contributed by atoms with Crippen LogP contribution in [0.5, 0.6) is 5.75 Å². The smallest absolute Gasteiger partial charge is 0.241 e. The number of hydrogen-bond acceptors (Lipinski definition) is 5. The molecule has 28 heavy (non-hydrogen) atoms. The van der Waals surface area contributed by atoms with E-state index in [9.17, 15) is 13.2 Å². The van der Waals surface area contributed by atoms with Gasteiger partial charge < -0.3 is 15.2 Å². The Bertz CT molecular complexity index is 839. The number of hydrogen-bond donors (Lipinski definition) is 3. The highest BCUT2D eigenvalue weighted by atomic mass is 32.2. The molecule has 1 atom stereocenters. The second kappa shape index (κ2) is 10.8. The van der Waals surface area contributed by atoms with Gasteiger partial charge in [-0.1, -0.05) is 30.3 Å². The number of benzene rings is 2. The first-order valence-corrected chi connectivity index (χ1v) is 10.6. The monoisotopic (exact) mass is 406 g/mol. The topological polar surface area (TPSA) is 105 Å². The Morgan fingerprint density at radius 1 is 1.11 bits per heavy atom. The van der Waals surface area contributed by atoms with Gasteiger partial charge in [0.15, 0.2) is 0 Å². The van der Waals surface area contributed by atoms with E-state index < -0.39 is 22.0 Å². The number of amides is 1. The number of sulfonamides is 1. The largest absolute Gasteiger partial charge is 0.494 e. The fourth-order valence-corrected chi connectivity index (χ4v) is 3.78. The average molecular weight is 407 g/mol. The molecule has 0 heterocycles. The third-order valence-electron chi connectivity index (χ3n) is 3.98. The third-order valence-corrected chi connectivity index (χ3v) is 5.46. The van der Waals surface area contributed by atoms with Crippen LogP contribution in [-0.4, -0.2) is 45.2 Å². The molecule has 0 radical (unpaired) electrons. The highest BCUT2D eigenvalue weighted by molar-refractivity contribution is 7.89. The Balaban J connectivity index is 2.17. The van der Waals surface area contributed by atoms with Crippen LogP contribution in [0, 0.1) is 0 Å². The zero-order chi connectivity index (χ0) is 20.4. The fraction of sp³-hybridized carbons (Fsp3) is 0.350. The molecular formula is C20H26N2O5S. The van der Waals surface area contributed by atoms with Crippen molar-refractivity contribution in [3.05, 3.63) is 60.2 Å². The molecule has 0 saturated carbocycles. The Kier molecular flexibility index (Phi) is 8.43. The van der Waals surface area contributed by atoms with Crippen LogP contribution in [0.15, 0.2) is 59.5 Å². The van der Waals surface area contributed by atoms with Crippen LogP contribution in [0.25, 0.3) is 0 Å². The van der Waals surface area contributed by atoms with Gasteiger partial charge in [-0.05, 0) is 49.6 Å². The minimum atomic E-state index is -3.90. The summed E-state index contributed by atoms with van der Waals surface area (Å²) in [5, 5.41) is 11.5. The molecule has 0 aromatic heterocycles. The SMILES string of the molecule is CCOc1ccc(S(=O)(=O)N[C@@H](Cc2ccccc2)C(=O)NCCCO)cc1. The molecule has 0 aliphatic carbocycles. The molecule has 2 aromatic carbocycles. The molecule has 0 unspecified atom stereocenters. The lowest BCUT2D eigenvalue weighted by atomic mass is 10.1. The van der Waals surface area contributed by atoms with Gasteiger partial charge in [-0.15, -0.1) is 0 Å². The van der Waals surface area contributed by atoms with Gasteiger partial charge >= 0.3 is 0 Å². The molecule has 3 N–H and O–H groups in total. The summed E-state index contributed by atoms with van der Waals surface area (Å²) in [6.45, 7) is 2.54. The van der Waals surface area contributed by atoms with Crippen molar-refractivity contribution in [2.45, 2.75) is 30.7 Å². The molecule has 0 aliphatic heterocycles. The summed E-state index contributed by atoms with van der Waals surface area (Å²) in [5.41, 5.74) is 0.833. The first-order chi connectivity index (χ1) is 13.5. The highest BCUT2D eigenvalue weighted by Gasteiger charge is 2.26. The lowest BCUT2D eigenvalue weighted by Crippen LogP contribution is -2.48. The van der Waals surface area contributed by atoms with E-state index in [1.807, 2.05) is 37.3 Å². The van der Waals surface area contributed by atoms with Crippen molar-refractivity contribution < 1.29 is 23.1 Å². The first kappa shape index (κ1) is 21.9. The van der Waals surface area contributed by atoms with Gasteiger partial charge in [0.25, 0.3) is 0 Å². The highest BCUT2D eigenvalue weighted by Crippen LogP contribution is 2.17. The van der Waals surface area contributed by atoms with Crippen molar-refractivity contribution in [3.8, 4) is 5.75 Å². The van der Waals surface area contributed by atoms with Crippen molar-refractivity contribution in [2.24, 2.45) is 0 Å². The van der Waals surface area contributed by atoms with Crippen molar-refractivity contribution >= 4 is 15.9 Å². The summed E-state index contributed by atoms with van der Waals surface area (Å²) in [6.07, 6.45) is 0.609. The maximum Gasteiger partial charge on any atom is 0.241 e. The molecule has 1 amide bonds. The minimum Gasteiger partial charge on any atom is -0.494 e. The van der Waals surface area contributed by atoms with Gasteiger partial charge in [0.05, 0.1) is 11.5 Å². The van der Waals surface area contributed by atoms with E-state index in [1.54, 1.807) is 12.1 Å². The van der Waals surface area contributed by atoms with Crippen LogP contribution < -0.4 is 14.8 Å². The van der Waals surface area contributed by atoms with Crippen LogP contribution in [0.2, 0.25) is 0 Å². The van der Waals surface area contributed by atoms with Gasteiger partial charge in [-0.25, -0.2) is 8.42 Å². The second-order valence-corrected chi connectivity index (χ2v) is 7.85. The molecule has 0 aliphatic rings. The summed E-state index contributed by atoms with van der Waals surface area (Å²) in [6, 6.07) is 14.2. The standard InChI is InChI=1S/C20H26N2O5S/c1-2-27-17-9-11-18(12-10-17)28(25,26)22-19(20(24)21-13-6-14-23)15-16-7-4-3-5-8-16/h3-5,7-12,19,22-23H,2,6,13-15H2,1H3,(H,21,24)/t19-/m0/s1. The average Bonchev–Trinajstić information content (AvgIpc) is 2.69. The Morgan fingerprint density at radius 3 is 2.39 bits per heavy atom. The van der Waals surface area contributed by atoms with Gasteiger partial charge in [-0.3, -0.25) is 4.79 Å². The van der Waals surface area contributed by atoms with Crippen LogP contribution in [0.3, 0.4) is 0 Å². The summed E-state index contributed by atoms with van der Waals surface area (Å²) in [4.78, 5) is 12.6. The van der Waals surface area contributed by atoms with Crippen LogP contribution in [-0.2, 0) is 21.2 Å². The normalized spacial score (nSPS) is 12.4. The number of aliphatic hydroxyl groups excluding tert-OH is 1. The lowest BCUT2D eigenvalue weighted by molar-refractivity contribution is -0.122. The predicted molar refractivity (Wildman–Crippen MR) is 107 cm³/mol. The van der Waals surface area contributed by atoms with Gasteiger partial charge in [0.1, 0.15) is 11.8 Å². The Labute approximate surface area is 165 Å². The molecule has 2 rings (SSSR count). The molecule has 0 saturated heterocycles. The van der Waals surface area contributed by atoms with E-state index in [0.29, 0.717) is 18.8 Å². The second-order valence-electron chi connectivity index (χ2n) is 6.14. The van der Waals surface area contributed by atoms with Crippen molar-refractivity contribution in [3.63, 3.8) is 0 Å². The summed E-state index contributed by atoms with van der Waals surface area (Å²) < 4.78 is 33.3. The van der Waals surface area contributed by atoms with Gasteiger partial charge in [0.2, 0.25) is 15.9 Å². The minimum absolute atomic E-state index is 0.0529. The summed E-state index contributed by atoms with van der Waals surface area (Å²) in [7, 11) is -3.90. The molecule has 2 aromatic rings. The summed E-state index contributed by atoms with van der Waals surface area (Å²) in [5.74, 6) is 0.135. The molecule has 0 fully saturated rings. The van der Waals surface area contributed by atoms with Crippen LogP contribution in [0.1, 0.15) is 18.9 Å². The third kappa shape index (κ3) is 6.63. The van der Waals surface area contributed by atoms with Crippen molar-refractivity contribution in [2.75, 3.05) is 19.8 Å². The lowest BCUT2D eigenvalue weighted by Gasteiger charge is -2.19. The maximum absolute atomic E-state index is 12.8. The molecule has 152 valence electrons. The number of nitrogens with one attached hydrogen (secondary N) is 2. The van der Waals surface area contributed by atoms with Crippen LogP contribution >= 0.6 is 0 Å². The quantitative estimate of drug-likeness (QED) is 0.490. The molecule has 0 bridgehead atoms. The van der Waals surface area contributed by atoms with E-state index in [0.717, 1.165) is 5.56 Å². The fourth-order valence-electron chi connectivity index (χ4n) is 2.59. The predicted octanol–water partition coefficient (Wildman–Crippen LogP) is 1.47. The van der Waals surface area contributed by atoms with Crippen molar-refractivity contribution in [1.82, 2.24) is 10.0 Å². The summed E-state index contributed by atoms with van der Waals surface area (Å²) >= 11 is 0. The molecular weight excluding hydrogens is 380 g/mol. The molecule has 0 spiro atoms. The van der Waals surface area contributed by atoms with E-state index in [2.05, 4.69) is 10.0 Å². The zero-order valence-electron chi connectivity index (χ0n) is 15.8. The number of carbonyl (C=O) groups is 1. The Morgan fingerprint density at radius 2 is 1.79 bits per heavy atom.